The van der Waals surface area contributed by atoms with Crippen LogP contribution in [-0.2, 0) is 12.2 Å². The number of thioether (sulfide) groups is 1. The largest absolute Gasteiger partial charge is 0.321 e. The lowest BCUT2D eigenvalue weighted by Gasteiger charge is -2.13. The lowest BCUT2D eigenvalue weighted by atomic mass is 10.1. The zero-order valence-electron chi connectivity index (χ0n) is 15.2. The highest BCUT2D eigenvalue weighted by Crippen LogP contribution is 2.24. The van der Waals surface area contributed by atoms with E-state index in [9.17, 15) is 4.79 Å². The number of aryl methyl sites for hydroxylation is 2. The lowest BCUT2D eigenvalue weighted by molar-refractivity contribution is 0.102. The van der Waals surface area contributed by atoms with Crippen molar-refractivity contribution in [2.45, 2.75) is 30.9 Å². The summed E-state index contributed by atoms with van der Waals surface area (Å²) in [4.78, 5) is 13.9. The van der Waals surface area contributed by atoms with Gasteiger partial charge in [-0.15, -0.1) is 11.8 Å². The highest BCUT2D eigenvalue weighted by molar-refractivity contribution is 7.98. The summed E-state index contributed by atoms with van der Waals surface area (Å²) >= 11 is 1.80. The van der Waals surface area contributed by atoms with E-state index < -0.39 is 0 Å². The molecule has 3 aromatic rings. The van der Waals surface area contributed by atoms with Crippen LogP contribution in [0.4, 0.5) is 5.69 Å². The molecule has 26 heavy (non-hydrogen) atoms. The van der Waals surface area contributed by atoms with Crippen LogP contribution in [0.25, 0.3) is 0 Å². The smallest absolute Gasteiger partial charge is 0.255 e. The molecule has 2 nitrogen and oxygen atoms in total. The molecule has 132 valence electrons. The summed E-state index contributed by atoms with van der Waals surface area (Å²) in [5.74, 6) is 0.834. The zero-order chi connectivity index (χ0) is 18.4. The average molecular weight is 362 g/mol. The van der Waals surface area contributed by atoms with E-state index in [0.717, 1.165) is 29.0 Å². The molecule has 0 heterocycles. The van der Waals surface area contributed by atoms with Gasteiger partial charge in [-0.25, -0.2) is 0 Å². The lowest BCUT2D eigenvalue weighted by Crippen LogP contribution is -2.14. The minimum Gasteiger partial charge on any atom is -0.321 e. The van der Waals surface area contributed by atoms with Gasteiger partial charge in [0.15, 0.2) is 0 Å². The Morgan fingerprint density at radius 3 is 2.35 bits per heavy atom. The third kappa shape index (κ3) is 4.55. The summed E-state index contributed by atoms with van der Waals surface area (Å²) < 4.78 is 0. The van der Waals surface area contributed by atoms with E-state index in [4.69, 9.17) is 0 Å². The second-order valence-corrected chi connectivity index (χ2v) is 7.26. The molecule has 3 aromatic carbocycles. The van der Waals surface area contributed by atoms with Crippen molar-refractivity contribution in [3.63, 3.8) is 0 Å². The van der Waals surface area contributed by atoms with Crippen molar-refractivity contribution in [2.24, 2.45) is 0 Å². The van der Waals surface area contributed by atoms with E-state index >= 15 is 0 Å². The van der Waals surface area contributed by atoms with Crippen molar-refractivity contribution in [1.82, 2.24) is 0 Å². The maximum Gasteiger partial charge on any atom is 0.255 e. The number of rotatable bonds is 6. The number of hydrogen-bond donors (Lipinski definition) is 1. The summed E-state index contributed by atoms with van der Waals surface area (Å²) in [5, 5.41) is 3.08. The topological polar surface area (TPSA) is 29.1 Å². The summed E-state index contributed by atoms with van der Waals surface area (Å²) in [5.41, 5.74) is 5.08. The number of benzene rings is 3. The van der Waals surface area contributed by atoms with Gasteiger partial charge in [0.2, 0.25) is 0 Å². The second kappa shape index (κ2) is 8.72. The molecule has 3 heteroatoms. The molecule has 0 unspecified atom stereocenters. The number of carbonyl (C=O) groups excluding carboxylic acids is 1. The monoisotopic (exact) mass is 361 g/mol. The van der Waals surface area contributed by atoms with Gasteiger partial charge in [-0.2, -0.15) is 0 Å². The zero-order valence-corrected chi connectivity index (χ0v) is 16.0. The first-order valence-corrected chi connectivity index (χ1v) is 9.82. The van der Waals surface area contributed by atoms with Crippen LogP contribution < -0.4 is 5.32 Å². The fraction of sp³-hybridized carbons (Fsp3) is 0.174. The third-order valence-corrected chi connectivity index (χ3v) is 5.43. The second-order valence-electron chi connectivity index (χ2n) is 6.22. The Morgan fingerprint density at radius 2 is 1.65 bits per heavy atom. The molecule has 3 rings (SSSR count). The average Bonchev–Trinajstić information content (AvgIpc) is 2.69. The van der Waals surface area contributed by atoms with E-state index in [2.05, 4.69) is 30.4 Å². The van der Waals surface area contributed by atoms with E-state index in [1.165, 1.54) is 10.5 Å². The molecular formula is C23H23NOS. The first kappa shape index (κ1) is 18.3. The highest BCUT2D eigenvalue weighted by atomic mass is 32.2. The van der Waals surface area contributed by atoms with E-state index in [1.807, 2.05) is 61.5 Å². The number of nitrogens with one attached hydrogen (secondary N) is 1. The molecule has 0 bridgehead atoms. The Labute approximate surface area is 159 Å². The van der Waals surface area contributed by atoms with Gasteiger partial charge in [-0.05, 0) is 54.3 Å². The molecule has 0 aliphatic heterocycles. The molecule has 0 aliphatic carbocycles. The molecule has 1 N–H and O–H groups in total. The van der Waals surface area contributed by atoms with E-state index in [1.54, 1.807) is 11.8 Å². The van der Waals surface area contributed by atoms with Crippen LogP contribution in [0.5, 0.6) is 0 Å². The molecule has 1 amide bonds. The number of hydrogen-bond acceptors (Lipinski definition) is 2. The fourth-order valence-electron chi connectivity index (χ4n) is 2.82. The van der Waals surface area contributed by atoms with Gasteiger partial charge in [-0.3, -0.25) is 4.79 Å². The van der Waals surface area contributed by atoms with E-state index in [-0.39, 0.29) is 5.91 Å². The molecule has 0 radical (unpaired) electrons. The Morgan fingerprint density at radius 1 is 0.923 bits per heavy atom. The maximum atomic E-state index is 12.6. The highest BCUT2D eigenvalue weighted by Gasteiger charge is 2.10. The summed E-state index contributed by atoms with van der Waals surface area (Å²) in [6, 6.07) is 24.3. The van der Waals surface area contributed by atoms with Crippen molar-refractivity contribution in [1.29, 1.82) is 0 Å². The number of para-hydroxylation sites is 1. The Kier molecular flexibility index (Phi) is 6.13. The summed E-state index contributed by atoms with van der Waals surface area (Å²) in [6.07, 6.45) is 0.896. The van der Waals surface area contributed by atoms with Crippen LogP contribution in [0.3, 0.4) is 0 Å². The van der Waals surface area contributed by atoms with Gasteiger partial charge in [-0.1, -0.05) is 55.5 Å². The Bertz CT molecular complexity index is 872. The minimum atomic E-state index is -0.0590. The van der Waals surface area contributed by atoms with Crippen LogP contribution in [0, 0.1) is 6.92 Å². The molecular weight excluding hydrogens is 338 g/mol. The number of anilines is 1. The van der Waals surface area contributed by atoms with Crippen LogP contribution in [-0.4, -0.2) is 5.91 Å². The van der Waals surface area contributed by atoms with E-state index in [0.29, 0.717) is 5.56 Å². The molecule has 0 saturated carbocycles. The van der Waals surface area contributed by atoms with Gasteiger partial charge in [0.05, 0.1) is 0 Å². The molecule has 0 aliphatic rings. The van der Waals surface area contributed by atoms with Gasteiger partial charge in [0.1, 0.15) is 0 Å². The normalized spacial score (nSPS) is 10.5. The Hall–Kier alpha value is -2.52. The first-order valence-electron chi connectivity index (χ1n) is 8.84. The number of amides is 1. The predicted octanol–water partition coefficient (Wildman–Crippen LogP) is 6.10. The SMILES string of the molecule is CCc1cccc(C)c1NC(=O)c1ccc(CSc2ccccc2)cc1. The van der Waals surface area contributed by atoms with Gasteiger partial charge in [0, 0.05) is 21.9 Å². The van der Waals surface area contributed by atoms with Crippen molar-refractivity contribution >= 4 is 23.4 Å². The Balaban J connectivity index is 1.66. The van der Waals surface area contributed by atoms with Crippen LogP contribution in [0.15, 0.2) is 77.7 Å². The molecule has 0 atom stereocenters. The molecule has 0 saturated heterocycles. The van der Waals surface area contributed by atoms with Crippen molar-refractivity contribution in [3.05, 3.63) is 95.1 Å². The molecule has 0 aromatic heterocycles. The fourth-order valence-corrected chi connectivity index (χ4v) is 3.70. The quantitative estimate of drug-likeness (QED) is 0.537. The summed E-state index contributed by atoms with van der Waals surface area (Å²) in [6.45, 7) is 4.13. The molecule has 0 fully saturated rings. The minimum absolute atomic E-state index is 0.0590. The van der Waals surface area contributed by atoms with Crippen LogP contribution >= 0.6 is 11.8 Å². The van der Waals surface area contributed by atoms with Gasteiger partial charge >= 0.3 is 0 Å². The van der Waals surface area contributed by atoms with Crippen molar-refractivity contribution in [3.8, 4) is 0 Å². The van der Waals surface area contributed by atoms with Gasteiger partial charge < -0.3 is 5.32 Å². The first-order chi connectivity index (χ1) is 12.7. The summed E-state index contributed by atoms with van der Waals surface area (Å²) in [7, 11) is 0. The maximum absolute atomic E-state index is 12.6. The van der Waals surface area contributed by atoms with Gasteiger partial charge in [0.25, 0.3) is 5.91 Å². The van der Waals surface area contributed by atoms with Crippen molar-refractivity contribution in [2.75, 3.05) is 5.32 Å². The standard InChI is InChI=1S/C23H23NOS/c1-3-19-9-7-8-17(2)22(19)24-23(25)20-14-12-18(13-15-20)16-26-21-10-5-4-6-11-21/h4-15H,3,16H2,1-2H3,(H,24,25). The van der Waals surface area contributed by atoms with Crippen LogP contribution in [0.2, 0.25) is 0 Å². The molecule has 0 spiro atoms. The van der Waals surface area contributed by atoms with Crippen molar-refractivity contribution < 1.29 is 4.79 Å². The predicted molar refractivity (Wildman–Crippen MR) is 111 cm³/mol. The third-order valence-electron chi connectivity index (χ3n) is 4.34. The number of carbonyl (C=O) groups is 1. The van der Waals surface area contributed by atoms with Crippen LogP contribution in [0.1, 0.15) is 34.0 Å².